The lowest BCUT2D eigenvalue weighted by molar-refractivity contribution is -0.137. The highest BCUT2D eigenvalue weighted by Gasteiger charge is 2.12. The quantitative estimate of drug-likeness (QED) is 0.606. The summed E-state index contributed by atoms with van der Waals surface area (Å²) in [6.07, 6.45) is 0.289. The van der Waals surface area contributed by atoms with Crippen LogP contribution in [0.3, 0.4) is 0 Å². The minimum Gasteiger partial charge on any atom is -0.347 e. The molecule has 2 amide bonds. The summed E-state index contributed by atoms with van der Waals surface area (Å²) in [5.74, 6) is -0.189. The molecule has 0 atom stereocenters. The topological polar surface area (TPSA) is 66.6 Å². The average molecular weight is 187 g/mol. The smallest absolute Gasteiger partial charge is 0.241 e. The molecule has 0 aromatic heterocycles. The summed E-state index contributed by atoms with van der Waals surface area (Å²) in [5.41, 5.74) is 5.21. The van der Waals surface area contributed by atoms with E-state index in [1.807, 2.05) is 0 Å². The molecule has 2 N–H and O–H groups in total. The van der Waals surface area contributed by atoms with E-state index in [9.17, 15) is 9.59 Å². The molecule has 0 aromatic carbocycles. The lowest BCUT2D eigenvalue weighted by Crippen LogP contribution is -2.38. The van der Waals surface area contributed by atoms with Crippen LogP contribution in [0, 0.1) is 0 Å². The Morgan fingerprint density at radius 1 is 1.15 bits per heavy atom. The second-order valence-electron chi connectivity index (χ2n) is 3.08. The fourth-order valence-electron chi connectivity index (χ4n) is 0.747. The average Bonchev–Trinajstić information content (AvgIpc) is 2.04. The zero-order chi connectivity index (χ0) is 10.4. The Bertz CT molecular complexity index is 192. The Hall–Kier alpha value is -1.10. The summed E-state index contributed by atoms with van der Waals surface area (Å²) in [6.45, 7) is 0.436. The van der Waals surface area contributed by atoms with Crippen molar-refractivity contribution in [2.24, 2.45) is 5.73 Å². The number of amides is 2. The molecule has 0 saturated carbocycles. The highest BCUT2D eigenvalue weighted by atomic mass is 16.2. The number of likely N-dealkylation sites (N-methyl/N-ethyl adjacent to an activating group) is 2. The second kappa shape index (κ2) is 5.53. The summed E-state index contributed by atoms with van der Waals surface area (Å²) in [4.78, 5) is 25.2. The van der Waals surface area contributed by atoms with Crippen LogP contribution in [0.5, 0.6) is 0 Å². The zero-order valence-corrected chi connectivity index (χ0v) is 8.41. The van der Waals surface area contributed by atoms with Gasteiger partial charge in [0.2, 0.25) is 11.8 Å². The molecule has 0 fully saturated rings. The molecule has 0 aliphatic rings. The van der Waals surface area contributed by atoms with Gasteiger partial charge in [-0.3, -0.25) is 9.59 Å². The van der Waals surface area contributed by atoms with Crippen LogP contribution in [0.15, 0.2) is 0 Å². The van der Waals surface area contributed by atoms with E-state index >= 15 is 0 Å². The van der Waals surface area contributed by atoms with Crippen molar-refractivity contribution >= 4 is 11.8 Å². The van der Waals surface area contributed by atoms with Gasteiger partial charge < -0.3 is 15.5 Å². The van der Waals surface area contributed by atoms with Crippen LogP contribution in [0.2, 0.25) is 0 Å². The van der Waals surface area contributed by atoms with E-state index in [0.717, 1.165) is 0 Å². The number of nitrogens with zero attached hydrogens (tertiary/aromatic N) is 2. The number of carbonyl (C=O) groups excluding carboxylic acids is 2. The van der Waals surface area contributed by atoms with Crippen molar-refractivity contribution in [1.82, 2.24) is 9.80 Å². The number of hydrogen-bond acceptors (Lipinski definition) is 3. The van der Waals surface area contributed by atoms with Gasteiger partial charge in [0, 0.05) is 34.1 Å². The normalized spacial score (nSPS) is 9.54. The molecule has 0 heterocycles. The fourth-order valence-corrected chi connectivity index (χ4v) is 0.747. The molecule has 0 aliphatic heterocycles. The Morgan fingerprint density at radius 3 is 2.08 bits per heavy atom. The highest BCUT2D eigenvalue weighted by Crippen LogP contribution is 1.90. The zero-order valence-electron chi connectivity index (χ0n) is 8.41. The van der Waals surface area contributed by atoms with Gasteiger partial charge in [0.1, 0.15) is 0 Å². The standard InChI is InChI=1S/C8H17N3O2/c1-10(2)8(13)6-11(3)7(12)4-5-9/h4-6,9H2,1-3H3. The van der Waals surface area contributed by atoms with E-state index in [4.69, 9.17) is 5.73 Å². The maximum atomic E-state index is 11.2. The molecule has 0 spiro atoms. The molecule has 76 valence electrons. The lowest BCUT2D eigenvalue weighted by atomic mass is 10.3. The lowest BCUT2D eigenvalue weighted by Gasteiger charge is -2.18. The van der Waals surface area contributed by atoms with Crippen LogP contribution in [0.1, 0.15) is 6.42 Å². The van der Waals surface area contributed by atoms with E-state index in [-0.39, 0.29) is 24.8 Å². The number of rotatable bonds is 4. The first-order chi connectivity index (χ1) is 5.99. The predicted molar refractivity (Wildman–Crippen MR) is 50.0 cm³/mol. The predicted octanol–water partition coefficient (Wildman–Crippen LogP) is -1.12. The molecule has 0 saturated heterocycles. The van der Waals surface area contributed by atoms with E-state index in [2.05, 4.69) is 0 Å². The third-order valence-corrected chi connectivity index (χ3v) is 1.66. The molecule has 5 heteroatoms. The first-order valence-electron chi connectivity index (χ1n) is 4.13. The van der Waals surface area contributed by atoms with Gasteiger partial charge in [-0.25, -0.2) is 0 Å². The monoisotopic (exact) mass is 187 g/mol. The summed E-state index contributed by atoms with van der Waals surface area (Å²) < 4.78 is 0. The van der Waals surface area contributed by atoms with Crippen LogP contribution in [-0.4, -0.2) is 55.8 Å². The molecule has 5 nitrogen and oxygen atoms in total. The van der Waals surface area contributed by atoms with Crippen LogP contribution in [0.4, 0.5) is 0 Å². The third kappa shape index (κ3) is 4.47. The van der Waals surface area contributed by atoms with Crippen LogP contribution >= 0.6 is 0 Å². The van der Waals surface area contributed by atoms with Gasteiger partial charge in [-0.1, -0.05) is 0 Å². The van der Waals surface area contributed by atoms with Gasteiger partial charge >= 0.3 is 0 Å². The summed E-state index contributed by atoms with van der Waals surface area (Å²) >= 11 is 0. The van der Waals surface area contributed by atoms with Gasteiger partial charge in [0.25, 0.3) is 0 Å². The largest absolute Gasteiger partial charge is 0.347 e. The Kier molecular flexibility index (Phi) is 5.06. The molecule has 0 aromatic rings. The minimum absolute atomic E-state index is 0.0899. The van der Waals surface area contributed by atoms with Gasteiger partial charge in [0.15, 0.2) is 0 Å². The Morgan fingerprint density at radius 2 is 1.69 bits per heavy atom. The van der Waals surface area contributed by atoms with Crippen molar-refractivity contribution in [3.8, 4) is 0 Å². The first-order valence-corrected chi connectivity index (χ1v) is 4.13. The molecule has 0 bridgehead atoms. The van der Waals surface area contributed by atoms with Gasteiger partial charge in [-0.2, -0.15) is 0 Å². The molecule has 0 aliphatic carbocycles. The number of hydrogen-bond donors (Lipinski definition) is 1. The molecule has 0 rings (SSSR count). The van der Waals surface area contributed by atoms with Crippen LogP contribution < -0.4 is 5.73 Å². The van der Waals surface area contributed by atoms with Gasteiger partial charge in [-0.15, -0.1) is 0 Å². The number of nitrogens with two attached hydrogens (primary N) is 1. The van der Waals surface area contributed by atoms with Crippen molar-refractivity contribution in [2.45, 2.75) is 6.42 Å². The van der Waals surface area contributed by atoms with E-state index in [1.54, 1.807) is 21.1 Å². The maximum absolute atomic E-state index is 11.2. The van der Waals surface area contributed by atoms with Crippen molar-refractivity contribution in [3.05, 3.63) is 0 Å². The minimum atomic E-state index is -0.0994. The Balaban J connectivity index is 3.92. The van der Waals surface area contributed by atoms with Crippen molar-refractivity contribution in [2.75, 3.05) is 34.2 Å². The third-order valence-electron chi connectivity index (χ3n) is 1.66. The second-order valence-corrected chi connectivity index (χ2v) is 3.08. The van der Waals surface area contributed by atoms with Crippen molar-refractivity contribution in [1.29, 1.82) is 0 Å². The molecule has 13 heavy (non-hydrogen) atoms. The van der Waals surface area contributed by atoms with Crippen molar-refractivity contribution < 1.29 is 9.59 Å². The van der Waals surface area contributed by atoms with Crippen LogP contribution in [-0.2, 0) is 9.59 Å². The van der Waals surface area contributed by atoms with Crippen molar-refractivity contribution in [3.63, 3.8) is 0 Å². The molecule has 0 radical (unpaired) electrons. The highest BCUT2D eigenvalue weighted by molar-refractivity contribution is 5.84. The molecular formula is C8H17N3O2. The fraction of sp³-hybridized carbons (Fsp3) is 0.750. The SMILES string of the molecule is CN(C)C(=O)CN(C)C(=O)CCN. The van der Waals surface area contributed by atoms with Crippen LogP contribution in [0.25, 0.3) is 0 Å². The summed E-state index contributed by atoms with van der Waals surface area (Å²) in [6, 6.07) is 0. The molecular weight excluding hydrogens is 170 g/mol. The first kappa shape index (κ1) is 11.9. The van der Waals surface area contributed by atoms with E-state index < -0.39 is 0 Å². The summed E-state index contributed by atoms with van der Waals surface area (Å²) in [7, 11) is 4.91. The molecule has 0 unspecified atom stereocenters. The number of carbonyl (C=O) groups is 2. The maximum Gasteiger partial charge on any atom is 0.241 e. The summed E-state index contributed by atoms with van der Waals surface area (Å²) in [5, 5.41) is 0. The van der Waals surface area contributed by atoms with Gasteiger partial charge in [-0.05, 0) is 0 Å². The Labute approximate surface area is 78.5 Å². The van der Waals surface area contributed by atoms with E-state index in [1.165, 1.54) is 9.80 Å². The van der Waals surface area contributed by atoms with E-state index in [0.29, 0.717) is 6.54 Å². The van der Waals surface area contributed by atoms with Gasteiger partial charge in [0.05, 0.1) is 6.54 Å².